The fraction of sp³-hybridized carbons (Fsp3) is 0.286. The molecular formula is C14H16N4O2. The second kappa shape index (κ2) is 5.24. The highest BCUT2D eigenvalue weighted by Crippen LogP contribution is 2.27. The molecule has 0 radical (unpaired) electrons. The van der Waals surface area contributed by atoms with E-state index in [1.807, 2.05) is 20.8 Å². The van der Waals surface area contributed by atoms with Crippen LogP contribution >= 0.6 is 0 Å². The number of aromatic nitrogens is 2. The molecule has 104 valence electrons. The van der Waals surface area contributed by atoms with Crippen molar-refractivity contribution >= 4 is 11.5 Å². The number of non-ortho nitro benzene ring substituents is 1. The van der Waals surface area contributed by atoms with Gasteiger partial charge in [-0.15, -0.1) is 0 Å². The number of nitro groups is 1. The molecule has 0 amide bonds. The summed E-state index contributed by atoms with van der Waals surface area (Å²) in [5, 5.41) is 10.8. The van der Waals surface area contributed by atoms with Crippen LogP contribution in [0.1, 0.15) is 31.0 Å². The molecule has 0 aliphatic heterocycles. The standard InChI is InChI=1S/C14H16N4O2/c1-8(2)12-9(3)16-14(17-13(12)15)10-5-4-6-11(7-10)18(19)20/h4-8H,1-3H3,(H2,15,16,17). The molecule has 1 aromatic heterocycles. The van der Waals surface area contributed by atoms with Crippen LogP contribution in [0.4, 0.5) is 11.5 Å². The summed E-state index contributed by atoms with van der Waals surface area (Å²) in [7, 11) is 0. The smallest absolute Gasteiger partial charge is 0.270 e. The Labute approximate surface area is 116 Å². The molecule has 0 spiro atoms. The summed E-state index contributed by atoms with van der Waals surface area (Å²) in [5.41, 5.74) is 8.29. The van der Waals surface area contributed by atoms with Gasteiger partial charge in [-0.3, -0.25) is 10.1 Å². The molecule has 1 aromatic carbocycles. The molecule has 20 heavy (non-hydrogen) atoms. The fourth-order valence-electron chi connectivity index (χ4n) is 2.20. The van der Waals surface area contributed by atoms with Gasteiger partial charge in [-0.1, -0.05) is 26.0 Å². The van der Waals surface area contributed by atoms with E-state index < -0.39 is 4.92 Å². The van der Waals surface area contributed by atoms with Crippen LogP contribution in [-0.2, 0) is 0 Å². The van der Waals surface area contributed by atoms with Crippen LogP contribution in [0, 0.1) is 17.0 Å². The van der Waals surface area contributed by atoms with Crippen molar-refractivity contribution in [2.45, 2.75) is 26.7 Å². The lowest BCUT2D eigenvalue weighted by atomic mass is 10.0. The molecule has 6 nitrogen and oxygen atoms in total. The Balaban J connectivity index is 2.54. The monoisotopic (exact) mass is 272 g/mol. The van der Waals surface area contributed by atoms with Crippen molar-refractivity contribution in [1.82, 2.24) is 9.97 Å². The summed E-state index contributed by atoms with van der Waals surface area (Å²) in [4.78, 5) is 19.0. The molecule has 0 bridgehead atoms. The zero-order chi connectivity index (χ0) is 14.9. The van der Waals surface area contributed by atoms with Gasteiger partial charge in [-0.2, -0.15) is 0 Å². The lowest BCUT2D eigenvalue weighted by Gasteiger charge is -2.13. The van der Waals surface area contributed by atoms with Gasteiger partial charge in [0, 0.05) is 29.0 Å². The maximum absolute atomic E-state index is 10.8. The first-order chi connectivity index (χ1) is 9.40. The molecule has 2 N–H and O–H groups in total. The molecule has 0 saturated carbocycles. The van der Waals surface area contributed by atoms with Gasteiger partial charge in [0.05, 0.1) is 4.92 Å². The van der Waals surface area contributed by atoms with E-state index in [2.05, 4.69) is 9.97 Å². The summed E-state index contributed by atoms with van der Waals surface area (Å²) >= 11 is 0. The van der Waals surface area contributed by atoms with Crippen molar-refractivity contribution in [3.05, 3.63) is 45.6 Å². The predicted octanol–water partition coefficient (Wildman–Crippen LogP) is 3.07. The largest absolute Gasteiger partial charge is 0.383 e. The topological polar surface area (TPSA) is 94.9 Å². The number of anilines is 1. The first-order valence-electron chi connectivity index (χ1n) is 6.29. The van der Waals surface area contributed by atoms with Gasteiger partial charge in [-0.05, 0) is 12.8 Å². The third-order valence-electron chi connectivity index (χ3n) is 3.06. The molecule has 0 unspecified atom stereocenters. The van der Waals surface area contributed by atoms with Gasteiger partial charge in [0.25, 0.3) is 5.69 Å². The van der Waals surface area contributed by atoms with E-state index in [-0.39, 0.29) is 11.6 Å². The molecule has 0 aliphatic carbocycles. The number of aryl methyl sites for hydroxylation is 1. The third kappa shape index (κ3) is 2.59. The molecule has 0 atom stereocenters. The summed E-state index contributed by atoms with van der Waals surface area (Å²) in [5.74, 6) is 1.07. The summed E-state index contributed by atoms with van der Waals surface area (Å²) < 4.78 is 0. The number of nitro benzene ring substituents is 1. The van der Waals surface area contributed by atoms with Gasteiger partial charge in [0.15, 0.2) is 5.82 Å². The van der Waals surface area contributed by atoms with E-state index in [1.54, 1.807) is 12.1 Å². The normalized spacial score (nSPS) is 10.8. The summed E-state index contributed by atoms with van der Waals surface area (Å²) in [6, 6.07) is 6.22. The lowest BCUT2D eigenvalue weighted by Crippen LogP contribution is -2.06. The van der Waals surface area contributed by atoms with Crippen molar-refractivity contribution in [1.29, 1.82) is 0 Å². The van der Waals surface area contributed by atoms with Crippen LogP contribution in [-0.4, -0.2) is 14.9 Å². The summed E-state index contributed by atoms with van der Waals surface area (Å²) in [6.45, 7) is 5.92. The lowest BCUT2D eigenvalue weighted by molar-refractivity contribution is -0.384. The molecule has 2 rings (SSSR count). The van der Waals surface area contributed by atoms with E-state index in [0.717, 1.165) is 11.3 Å². The minimum atomic E-state index is -0.442. The molecule has 6 heteroatoms. The van der Waals surface area contributed by atoms with Crippen LogP contribution < -0.4 is 5.73 Å². The van der Waals surface area contributed by atoms with Crippen molar-refractivity contribution in [3.63, 3.8) is 0 Å². The zero-order valence-electron chi connectivity index (χ0n) is 11.6. The highest BCUT2D eigenvalue weighted by atomic mass is 16.6. The molecular weight excluding hydrogens is 256 g/mol. The van der Waals surface area contributed by atoms with E-state index in [1.165, 1.54) is 12.1 Å². The molecule has 0 aliphatic rings. The first-order valence-corrected chi connectivity index (χ1v) is 6.29. The van der Waals surface area contributed by atoms with E-state index >= 15 is 0 Å². The molecule has 0 saturated heterocycles. The Kier molecular flexibility index (Phi) is 3.65. The second-order valence-electron chi connectivity index (χ2n) is 4.89. The van der Waals surface area contributed by atoms with E-state index in [9.17, 15) is 10.1 Å². The average Bonchev–Trinajstić information content (AvgIpc) is 2.37. The van der Waals surface area contributed by atoms with E-state index in [0.29, 0.717) is 17.2 Å². The second-order valence-corrected chi connectivity index (χ2v) is 4.89. The number of rotatable bonds is 3. The number of hydrogen-bond donors (Lipinski definition) is 1. The summed E-state index contributed by atoms with van der Waals surface area (Å²) in [6.07, 6.45) is 0. The Bertz CT molecular complexity index is 645. The van der Waals surface area contributed by atoms with Crippen LogP contribution in [0.2, 0.25) is 0 Å². The van der Waals surface area contributed by atoms with Crippen LogP contribution in [0.5, 0.6) is 0 Å². The molecule has 0 fully saturated rings. The minimum Gasteiger partial charge on any atom is -0.383 e. The number of nitrogens with zero attached hydrogens (tertiary/aromatic N) is 3. The third-order valence-corrected chi connectivity index (χ3v) is 3.06. The Morgan fingerprint density at radius 2 is 2.00 bits per heavy atom. The number of hydrogen-bond acceptors (Lipinski definition) is 5. The average molecular weight is 272 g/mol. The number of nitrogen functional groups attached to an aromatic ring is 1. The zero-order valence-corrected chi connectivity index (χ0v) is 11.6. The minimum absolute atomic E-state index is 0.00950. The SMILES string of the molecule is Cc1nc(-c2cccc([N+](=O)[O-])c2)nc(N)c1C(C)C. The fourth-order valence-corrected chi connectivity index (χ4v) is 2.20. The van der Waals surface area contributed by atoms with Gasteiger partial charge >= 0.3 is 0 Å². The highest BCUT2D eigenvalue weighted by molar-refractivity contribution is 5.62. The van der Waals surface area contributed by atoms with Crippen LogP contribution in [0.3, 0.4) is 0 Å². The Morgan fingerprint density at radius 1 is 1.30 bits per heavy atom. The quantitative estimate of drug-likeness (QED) is 0.684. The number of nitrogens with two attached hydrogens (primary N) is 1. The predicted molar refractivity (Wildman–Crippen MR) is 77.4 cm³/mol. The maximum atomic E-state index is 10.8. The highest BCUT2D eigenvalue weighted by Gasteiger charge is 2.15. The van der Waals surface area contributed by atoms with Gasteiger partial charge < -0.3 is 5.73 Å². The number of benzene rings is 1. The Hall–Kier alpha value is -2.50. The van der Waals surface area contributed by atoms with Gasteiger partial charge in [0.1, 0.15) is 5.82 Å². The maximum Gasteiger partial charge on any atom is 0.270 e. The van der Waals surface area contributed by atoms with Crippen LogP contribution in [0.15, 0.2) is 24.3 Å². The van der Waals surface area contributed by atoms with Crippen LogP contribution in [0.25, 0.3) is 11.4 Å². The van der Waals surface area contributed by atoms with Crippen molar-refractivity contribution in [3.8, 4) is 11.4 Å². The van der Waals surface area contributed by atoms with Gasteiger partial charge in [0.2, 0.25) is 0 Å². The first kappa shape index (κ1) is 13.9. The Morgan fingerprint density at radius 3 is 2.55 bits per heavy atom. The van der Waals surface area contributed by atoms with Crippen molar-refractivity contribution in [2.75, 3.05) is 5.73 Å². The van der Waals surface area contributed by atoms with Gasteiger partial charge in [-0.25, -0.2) is 9.97 Å². The van der Waals surface area contributed by atoms with E-state index in [4.69, 9.17) is 5.73 Å². The molecule has 1 heterocycles. The van der Waals surface area contributed by atoms with Crippen molar-refractivity contribution < 1.29 is 4.92 Å². The van der Waals surface area contributed by atoms with Crippen molar-refractivity contribution in [2.24, 2.45) is 0 Å². The molecule has 2 aromatic rings.